The minimum absolute atomic E-state index is 0.108. The van der Waals surface area contributed by atoms with Crippen molar-refractivity contribution in [3.8, 4) is 0 Å². The second-order valence-electron chi connectivity index (χ2n) is 5.69. The van der Waals surface area contributed by atoms with Gasteiger partial charge < -0.3 is 20.6 Å². The van der Waals surface area contributed by atoms with Gasteiger partial charge in [0, 0.05) is 32.9 Å². The summed E-state index contributed by atoms with van der Waals surface area (Å²) < 4.78 is 12.8. The van der Waals surface area contributed by atoms with Gasteiger partial charge in [-0.3, -0.25) is 0 Å². The lowest BCUT2D eigenvalue weighted by molar-refractivity contribution is 0.173. The normalized spacial score (nSPS) is 11.7. The molecule has 0 aliphatic heterocycles. The number of hydrogen-bond donors (Lipinski definition) is 3. The minimum Gasteiger partial charge on any atom is -0.387 e. The maximum Gasteiger partial charge on any atom is 0.315 e. The Kier molecular flexibility index (Phi) is 6.14. The Bertz CT molecular complexity index is 657. The first-order valence-electron chi connectivity index (χ1n) is 7.67. The molecule has 0 saturated heterocycles. The van der Waals surface area contributed by atoms with Gasteiger partial charge in [0.25, 0.3) is 0 Å². The summed E-state index contributed by atoms with van der Waals surface area (Å²) in [5.41, 5.74) is 2.57. The van der Waals surface area contributed by atoms with Crippen LogP contribution in [-0.2, 0) is 6.54 Å². The summed E-state index contributed by atoms with van der Waals surface area (Å²) in [6.45, 7) is 0.399. The zero-order valence-corrected chi connectivity index (χ0v) is 13.8. The zero-order valence-electron chi connectivity index (χ0n) is 13.8. The number of carbonyl (C=O) groups excluding carboxylic acids is 1. The molecular weight excluding hydrogens is 309 g/mol. The van der Waals surface area contributed by atoms with E-state index in [0.29, 0.717) is 6.54 Å². The fourth-order valence-corrected chi connectivity index (χ4v) is 2.15. The maximum absolute atomic E-state index is 12.8. The van der Waals surface area contributed by atoms with Crippen molar-refractivity contribution in [1.29, 1.82) is 0 Å². The lowest BCUT2D eigenvalue weighted by Crippen LogP contribution is -2.37. The SMILES string of the molecule is CN(C)c1ccc(C(O)CNC(=O)NCc2ccc(F)cc2)cc1. The molecule has 0 saturated carbocycles. The Morgan fingerprint density at radius 2 is 1.71 bits per heavy atom. The number of aliphatic hydroxyl groups is 1. The Hall–Kier alpha value is -2.60. The predicted octanol–water partition coefficient (Wildman–Crippen LogP) is 2.42. The number of amides is 2. The van der Waals surface area contributed by atoms with Crippen molar-refractivity contribution in [2.75, 3.05) is 25.5 Å². The van der Waals surface area contributed by atoms with Crippen LogP contribution in [0, 0.1) is 5.82 Å². The smallest absolute Gasteiger partial charge is 0.315 e. The minimum atomic E-state index is -0.780. The number of hydrogen-bond acceptors (Lipinski definition) is 3. The molecule has 2 aromatic rings. The van der Waals surface area contributed by atoms with E-state index in [0.717, 1.165) is 16.8 Å². The van der Waals surface area contributed by atoms with E-state index in [1.165, 1.54) is 12.1 Å². The number of carbonyl (C=O) groups is 1. The van der Waals surface area contributed by atoms with E-state index < -0.39 is 6.10 Å². The first-order valence-corrected chi connectivity index (χ1v) is 7.67. The van der Waals surface area contributed by atoms with Crippen LogP contribution in [0.1, 0.15) is 17.2 Å². The highest BCUT2D eigenvalue weighted by Gasteiger charge is 2.09. The van der Waals surface area contributed by atoms with E-state index in [-0.39, 0.29) is 18.4 Å². The highest BCUT2D eigenvalue weighted by molar-refractivity contribution is 5.73. The van der Waals surface area contributed by atoms with Crippen molar-refractivity contribution in [2.24, 2.45) is 0 Å². The molecule has 6 heteroatoms. The first-order chi connectivity index (χ1) is 11.5. The second kappa shape index (κ2) is 8.31. The molecule has 2 rings (SSSR count). The Morgan fingerprint density at radius 3 is 2.29 bits per heavy atom. The van der Waals surface area contributed by atoms with Crippen LogP contribution in [0.3, 0.4) is 0 Å². The quantitative estimate of drug-likeness (QED) is 0.762. The van der Waals surface area contributed by atoms with Gasteiger partial charge in [0.05, 0.1) is 6.10 Å². The standard InChI is InChI=1S/C18H22FN3O2/c1-22(2)16-9-5-14(6-10-16)17(23)12-21-18(24)20-11-13-3-7-15(19)8-4-13/h3-10,17,23H,11-12H2,1-2H3,(H2,20,21,24). The van der Waals surface area contributed by atoms with Crippen LogP contribution < -0.4 is 15.5 Å². The number of nitrogens with one attached hydrogen (secondary N) is 2. The van der Waals surface area contributed by atoms with Crippen LogP contribution in [-0.4, -0.2) is 31.8 Å². The van der Waals surface area contributed by atoms with E-state index >= 15 is 0 Å². The zero-order chi connectivity index (χ0) is 17.5. The van der Waals surface area contributed by atoms with Gasteiger partial charge in [-0.2, -0.15) is 0 Å². The third kappa shape index (κ3) is 5.24. The number of aliphatic hydroxyl groups excluding tert-OH is 1. The summed E-state index contributed by atoms with van der Waals surface area (Å²) in [4.78, 5) is 13.7. The Morgan fingerprint density at radius 1 is 1.08 bits per heavy atom. The van der Waals surface area contributed by atoms with Gasteiger partial charge in [0.15, 0.2) is 0 Å². The average molecular weight is 331 g/mol. The molecule has 0 aliphatic carbocycles. The van der Waals surface area contributed by atoms with Crippen LogP contribution in [0.5, 0.6) is 0 Å². The van der Waals surface area contributed by atoms with Crippen molar-refractivity contribution in [3.63, 3.8) is 0 Å². The molecule has 5 nitrogen and oxygen atoms in total. The molecule has 24 heavy (non-hydrogen) atoms. The first kappa shape index (κ1) is 17.7. The topological polar surface area (TPSA) is 64.6 Å². The summed E-state index contributed by atoms with van der Waals surface area (Å²) >= 11 is 0. The van der Waals surface area contributed by atoms with E-state index in [2.05, 4.69) is 10.6 Å². The van der Waals surface area contributed by atoms with Crippen LogP contribution in [0.25, 0.3) is 0 Å². The molecule has 0 fully saturated rings. The molecule has 128 valence electrons. The van der Waals surface area contributed by atoms with Gasteiger partial charge in [-0.15, -0.1) is 0 Å². The fourth-order valence-electron chi connectivity index (χ4n) is 2.15. The van der Waals surface area contributed by atoms with E-state index in [4.69, 9.17) is 0 Å². The summed E-state index contributed by atoms with van der Waals surface area (Å²) in [7, 11) is 3.89. The van der Waals surface area contributed by atoms with Gasteiger partial charge in [0.1, 0.15) is 5.82 Å². The lowest BCUT2D eigenvalue weighted by Gasteiger charge is -2.16. The van der Waals surface area contributed by atoms with Gasteiger partial charge >= 0.3 is 6.03 Å². The van der Waals surface area contributed by atoms with Crippen molar-refractivity contribution >= 4 is 11.7 Å². The molecular formula is C18H22FN3O2. The van der Waals surface area contributed by atoms with Gasteiger partial charge in [-0.05, 0) is 35.4 Å². The lowest BCUT2D eigenvalue weighted by atomic mass is 10.1. The van der Waals surface area contributed by atoms with E-state index in [1.807, 2.05) is 43.3 Å². The van der Waals surface area contributed by atoms with Gasteiger partial charge in [0.2, 0.25) is 0 Å². The Balaban J connectivity index is 1.77. The third-order valence-electron chi connectivity index (χ3n) is 3.62. The van der Waals surface area contributed by atoms with Crippen LogP contribution in [0.4, 0.5) is 14.9 Å². The molecule has 0 aliphatic rings. The number of urea groups is 1. The molecule has 0 bridgehead atoms. The van der Waals surface area contributed by atoms with Crippen molar-refractivity contribution in [1.82, 2.24) is 10.6 Å². The Labute approximate surface area is 141 Å². The monoisotopic (exact) mass is 331 g/mol. The second-order valence-corrected chi connectivity index (χ2v) is 5.69. The van der Waals surface area contributed by atoms with Crippen LogP contribution in [0.2, 0.25) is 0 Å². The van der Waals surface area contributed by atoms with Crippen molar-refractivity contribution < 1.29 is 14.3 Å². The molecule has 1 unspecified atom stereocenters. The molecule has 0 aromatic heterocycles. The average Bonchev–Trinajstić information content (AvgIpc) is 2.59. The maximum atomic E-state index is 12.8. The highest BCUT2D eigenvalue weighted by Crippen LogP contribution is 2.17. The molecule has 1 atom stereocenters. The summed E-state index contributed by atoms with van der Waals surface area (Å²) in [6, 6.07) is 13.0. The fraction of sp³-hybridized carbons (Fsp3) is 0.278. The summed E-state index contributed by atoms with van der Waals surface area (Å²) in [6.07, 6.45) is -0.780. The van der Waals surface area contributed by atoms with E-state index in [1.54, 1.807) is 12.1 Å². The number of nitrogens with zero attached hydrogens (tertiary/aromatic N) is 1. The number of halogens is 1. The largest absolute Gasteiger partial charge is 0.387 e. The summed E-state index contributed by atoms with van der Waals surface area (Å²) in [5, 5.41) is 15.4. The summed E-state index contributed by atoms with van der Waals surface area (Å²) in [5.74, 6) is -0.313. The predicted molar refractivity (Wildman–Crippen MR) is 92.4 cm³/mol. The molecule has 3 N–H and O–H groups in total. The molecule has 2 aromatic carbocycles. The van der Waals surface area contributed by atoms with Crippen LogP contribution in [0.15, 0.2) is 48.5 Å². The molecule has 0 spiro atoms. The molecule has 0 radical (unpaired) electrons. The number of benzene rings is 2. The third-order valence-corrected chi connectivity index (χ3v) is 3.62. The van der Waals surface area contributed by atoms with E-state index in [9.17, 15) is 14.3 Å². The number of rotatable bonds is 6. The molecule has 2 amide bonds. The number of anilines is 1. The van der Waals surface area contributed by atoms with Crippen LogP contribution >= 0.6 is 0 Å². The highest BCUT2D eigenvalue weighted by atomic mass is 19.1. The van der Waals surface area contributed by atoms with Gasteiger partial charge in [-0.25, -0.2) is 9.18 Å². The van der Waals surface area contributed by atoms with Crippen molar-refractivity contribution in [2.45, 2.75) is 12.6 Å². The van der Waals surface area contributed by atoms with Gasteiger partial charge in [-0.1, -0.05) is 24.3 Å². The molecule has 0 heterocycles. The van der Waals surface area contributed by atoms with Crippen molar-refractivity contribution in [3.05, 3.63) is 65.5 Å².